The standard InChI is InChI=1S/C22H21FN4O4/c1-2-11-27(14-20-25-26-22(31-20)17-8-5-12-29-17)21(28)10-9-19-24-13-18(30-19)15-6-3-4-7-16(15)23/h3-8,12-13H,2,9-11,14H2,1H3. The van der Waals surface area contributed by atoms with Gasteiger partial charge in [-0.25, -0.2) is 9.37 Å². The minimum Gasteiger partial charge on any atom is -0.459 e. The predicted octanol–water partition coefficient (Wildman–Crippen LogP) is 4.50. The number of furan rings is 1. The molecule has 31 heavy (non-hydrogen) atoms. The van der Waals surface area contributed by atoms with Gasteiger partial charge in [-0.3, -0.25) is 4.79 Å². The fourth-order valence-corrected chi connectivity index (χ4v) is 3.13. The average Bonchev–Trinajstić information content (AvgIpc) is 3.53. The second-order valence-corrected chi connectivity index (χ2v) is 6.89. The van der Waals surface area contributed by atoms with E-state index in [0.717, 1.165) is 6.42 Å². The van der Waals surface area contributed by atoms with Crippen molar-refractivity contribution in [3.8, 4) is 23.0 Å². The van der Waals surface area contributed by atoms with E-state index in [-0.39, 0.29) is 30.6 Å². The third-order valence-electron chi connectivity index (χ3n) is 4.62. The van der Waals surface area contributed by atoms with Crippen molar-refractivity contribution in [2.75, 3.05) is 6.54 Å². The molecular formula is C22H21FN4O4. The molecule has 9 heteroatoms. The number of halogens is 1. The van der Waals surface area contributed by atoms with Gasteiger partial charge in [0, 0.05) is 19.4 Å². The van der Waals surface area contributed by atoms with Crippen molar-refractivity contribution in [3.63, 3.8) is 0 Å². The molecule has 0 saturated carbocycles. The molecule has 8 nitrogen and oxygen atoms in total. The van der Waals surface area contributed by atoms with E-state index in [4.69, 9.17) is 13.3 Å². The van der Waals surface area contributed by atoms with Crippen LogP contribution in [0.1, 0.15) is 31.5 Å². The van der Waals surface area contributed by atoms with E-state index in [1.165, 1.54) is 18.5 Å². The van der Waals surface area contributed by atoms with Crippen LogP contribution in [0.15, 0.2) is 62.1 Å². The smallest absolute Gasteiger partial charge is 0.283 e. The topological polar surface area (TPSA) is 98.4 Å². The van der Waals surface area contributed by atoms with Crippen molar-refractivity contribution < 1.29 is 22.4 Å². The Hall–Kier alpha value is -3.75. The molecular weight excluding hydrogens is 403 g/mol. The second kappa shape index (κ2) is 9.38. The fraction of sp³-hybridized carbons (Fsp3) is 0.273. The quantitative estimate of drug-likeness (QED) is 0.390. The van der Waals surface area contributed by atoms with Crippen molar-refractivity contribution in [2.45, 2.75) is 32.7 Å². The highest BCUT2D eigenvalue weighted by atomic mass is 19.1. The third-order valence-corrected chi connectivity index (χ3v) is 4.62. The first kappa shape index (κ1) is 20.5. The van der Waals surface area contributed by atoms with Gasteiger partial charge in [0.05, 0.1) is 24.6 Å². The lowest BCUT2D eigenvalue weighted by molar-refractivity contribution is -0.132. The molecule has 0 aliphatic heterocycles. The monoisotopic (exact) mass is 424 g/mol. The summed E-state index contributed by atoms with van der Waals surface area (Å²) in [5.74, 6) is 1.30. The SMILES string of the molecule is CCCN(Cc1nnc(-c2ccco2)o1)C(=O)CCc1ncc(-c2ccccc2F)o1. The largest absolute Gasteiger partial charge is 0.459 e. The Morgan fingerprint density at radius 1 is 1.06 bits per heavy atom. The maximum atomic E-state index is 13.9. The fourth-order valence-electron chi connectivity index (χ4n) is 3.13. The van der Waals surface area contributed by atoms with Gasteiger partial charge in [0.15, 0.2) is 17.4 Å². The Morgan fingerprint density at radius 2 is 1.94 bits per heavy atom. The number of aromatic nitrogens is 3. The van der Waals surface area contributed by atoms with Crippen LogP contribution in [0.4, 0.5) is 4.39 Å². The Morgan fingerprint density at radius 3 is 2.71 bits per heavy atom. The molecule has 0 bridgehead atoms. The summed E-state index contributed by atoms with van der Waals surface area (Å²) in [6.07, 6.45) is 4.26. The summed E-state index contributed by atoms with van der Waals surface area (Å²) in [5, 5.41) is 7.96. The molecule has 0 N–H and O–H groups in total. The van der Waals surface area contributed by atoms with Gasteiger partial charge < -0.3 is 18.2 Å². The number of oxazole rings is 1. The van der Waals surface area contributed by atoms with Crippen molar-refractivity contribution in [2.24, 2.45) is 0 Å². The highest BCUT2D eigenvalue weighted by molar-refractivity contribution is 5.76. The number of hydrogen-bond donors (Lipinski definition) is 0. The average molecular weight is 424 g/mol. The summed E-state index contributed by atoms with van der Waals surface area (Å²) in [6, 6.07) is 9.76. The van der Waals surface area contributed by atoms with Crippen molar-refractivity contribution >= 4 is 5.91 Å². The number of benzene rings is 1. The van der Waals surface area contributed by atoms with Crippen LogP contribution in [0.5, 0.6) is 0 Å². The van der Waals surface area contributed by atoms with E-state index in [9.17, 15) is 9.18 Å². The van der Waals surface area contributed by atoms with Crippen LogP contribution in [0.2, 0.25) is 0 Å². The lowest BCUT2D eigenvalue weighted by atomic mass is 10.2. The Kier molecular flexibility index (Phi) is 6.21. The summed E-state index contributed by atoms with van der Waals surface area (Å²) in [5.41, 5.74) is 0.337. The first-order valence-corrected chi connectivity index (χ1v) is 9.97. The minimum atomic E-state index is -0.385. The molecule has 3 heterocycles. The van der Waals surface area contributed by atoms with Crippen molar-refractivity contribution in [1.82, 2.24) is 20.1 Å². The molecule has 3 aromatic heterocycles. The summed E-state index contributed by atoms with van der Waals surface area (Å²) >= 11 is 0. The molecule has 4 aromatic rings. The highest BCUT2D eigenvalue weighted by Gasteiger charge is 2.19. The van der Waals surface area contributed by atoms with Gasteiger partial charge in [0.1, 0.15) is 5.82 Å². The molecule has 1 amide bonds. The number of aryl methyl sites for hydroxylation is 1. The van der Waals surface area contributed by atoms with E-state index in [1.807, 2.05) is 6.92 Å². The van der Waals surface area contributed by atoms with Gasteiger partial charge in [0.25, 0.3) is 5.89 Å². The van der Waals surface area contributed by atoms with Gasteiger partial charge in [-0.05, 0) is 30.7 Å². The third kappa shape index (κ3) is 4.88. The van der Waals surface area contributed by atoms with E-state index < -0.39 is 0 Å². The first-order chi connectivity index (χ1) is 15.1. The number of rotatable bonds is 9. The van der Waals surface area contributed by atoms with Crippen LogP contribution < -0.4 is 0 Å². The van der Waals surface area contributed by atoms with E-state index >= 15 is 0 Å². The van der Waals surface area contributed by atoms with Gasteiger partial charge in [0.2, 0.25) is 11.8 Å². The first-order valence-electron chi connectivity index (χ1n) is 9.97. The maximum Gasteiger partial charge on any atom is 0.283 e. The molecule has 0 saturated heterocycles. The molecule has 0 unspecified atom stereocenters. The lowest BCUT2D eigenvalue weighted by Crippen LogP contribution is -2.31. The van der Waals surface area contributed by atoms with Crippen LogP contribution in [-0.4, -0.2) is 32.5 Å². The molecule has 0 radical (unpaired) electrons. The summed E-state index contributed by atoms with van der Waals surface area (Å²) in [7, 11) is 0. The second-order valence-electron chi connectivity index (χ2n) is 6.89. The molecule has 0 aliphatic rings. The zero-order valence-corrected chi connectivity index (χ0v) is 17.0. The molecule has 0 atom stereocenters. The molecule has 0 fully saturated rings. The zero-order chi connectivity index (χ0) is 21.6. The van der Waals surface area contributed by atoms with E-state index in [0.29, 0.717) is 41.8 Å². The molecule has 0 spiro atoms. The summed E-state index contributed by atoms with van der Waals surface area (Å²) in [4.78, 5) is 18.6. The molecule has 0 aliphatic carbocycles. The zero-order valence-electron chi connectivity index (χ0n) is 17.0. The Bertz CT molecular complexity index is 1140. The molecule has 4 rings (SSSR count). The van der Waals surface area contributed by atoms with Crippen LogP contribution in [0, 0.1) is 5.82 Å². The molecule has 1 aromatic carbocycles. The van der Waals surface area contributed by atoms with Gasteiger partial charge in [-0.1, -0.05) is 19.1 Å². The normalized spacial score (nSPS) is 11.0. The van der Waals surface area contributed by atoms with Crippen LogP contribution >= 0.6 is 0 Å². The van der Waals surface area contributed by atoms with Gasteiger partial charge in [-0.15, -0.1) is 10.2 Å². The highest BCUT2D eigenvalue weighted by Crippen LogP contribution is 2.24. The van der Waals surface area contributed by atoms with Gasteiger partial charge >= 0.3 is 0 Å². The predicted molar refractivity (Wildman–Crippen MR) is 108 cm³/mol. The molecule has 160 valence electrons. The number of nitrogens with zero attached hydrogens (tertiary/aromatic N) is 4. The van der Waals surface area contributed by atoms with Crippen molar-refractivity contribution in [1.29, 1.82) is 0 Å². The lowest BCUT2D eigenvalue weighted by Gasteiger charge is -2.19. The van der Waals surface area contributed by atoms with Crippen molar-refractivity contribution in [3.05, 3.63) is 66.5 Å². The van der Waals surface area contributed by atoms with Gasteiger partial charge in [-0.2, -0.15) is 0 Å². The number of carbonyl (C=O) groups excluding carboxylic acids is 1. The van der Waals surface area contributed by atoms with E-state index in [2.05, 4.69) is 15.2 Å². The van der Waals surface area contributed by atoms with Crippen LogP contribution in [0.3, 0.4) is 0 Å². The van der Waals surface area contributed by atoms with E-state index in [1.54, 1.807) is 35.2 Å². The number of hydrogen-bond acceptors (Lipinski definition) is 7. The Balaban J connectivity index is 1.37. The summed E-state index contributed by atoms with van der Waals surface area (Å²) in [6.45, 7) is 2.73. The van der Waals surface area contributed by atoms with Crippen LogP contribution in [-0.2, 0) is 17.8 Å². The number of amides is 1. The number of carbonyl (C=O) groups is 1. The van der Waals surface area contributed by atoms with Crippen LogP contribution in [0.25, 0.3) is 23.0 Å². The maximum absolute atomic E-state index is 13.9. The summed E-state index contributed by atoms with van der Waals surface area (Å²) < 4.78 is 30.4. The minimum absolute atomic E-state index is 0.0924. The Labute approximate surface area is 177 Å².